The van der Waals surface area contributed by atoms with Crippen molar-refractivity contribution in [1.29, 1.82) is 0 Å². The van der Waals surface area contributed by atoms with Gasteiger partial charge in [-0.2, -0.15) is 5.10 Å². The van der Waals surface area contributed by atoms with Crippen LogP contribution < -0.4 is 19.6 Å². The summed E-state index contributed by atoms with van der Waals surface area (Å²) in [6, 6.07) is 11.7. The second-order valence-corrected chi connectivity index (χ2v) is 4.70. The summed E-state index contributed by atoms with van der Waals surface area (Å²) in [5.41, 5.74) is 5.94. The van der Waals surface area contributed by atoms with Crippen LogP contribution in [0.4, 0.5) is 5.69 Å². The summed E-state index contributed by atoms with van der Waals surface area (Å²) in [5, 5.41) is 4.23. The van der Waals surface area contributed by atoms with Gasteiger partial charge in [0.1, 0.15) is 0 Å². The summed E-state index contributed by atoms with van der Waals surface area (Å²) < 4.78 is 15.9. The van der Waals surface area contributed by atoms with Crippen molar-refractivity contribution in [2.45, 2.75) is 6.92 Å². The smallest absolute Gasteiger partial charge is 0.203 e. The van der Waals surface area contributed by atoms with Crippen LogP contribution in [0.15, 0.2) is 41.5 Å². The monoisotopic (exact) mass is 300 g/mol. The van der Waals surface area contributed by atoms with E-state index in [1.54, 1.807) is 27.5 Å². The first-order valence-electron chi connectivity index (χ1n) is 6.83. The third-order valence-electron chi connectivity index (χ3n) is 3.11. The van der Waals surface area contributed by atoms with Crippen molar-refractivity contribution in [1.82, 2.24) is 0 Å². The molecule has 0 amide bonds. The zero-order valence-corrected chi connectivity index (χ0v) is 13.2. The zero-order valence-electron chi connectivity index (χ0n) is 13.2. The second-order valence-electron chi connectivity index (χ2n) is 4.70. The molecule has 5 nitrogen and oxygen atoms in total. The number of aryl methyl sites for hydroxylation is 1. The Bertz CT molecular complexity index is 644. The van der Waals surface area contributed by atoms with Gasteiger partial charge in [-0.15, -0.1) is 0 Å². The molecule has 0 unspecified atom stereocenters. The number of ether oxygens (including phenoxy) is 3. The van der Waals surface area contributed by atoms with Gasteiger partial charge in [0.05, 0.1) is 33.2 Å². The van der Waals surface area contributed by atoms with Gasteiger partial charge in [0.2, 0.25) is 5.75 Å². The Morgan fingerprint density at radius 3 is 2.18 bits per heavy atom. The second kappa shape index (κ2) is 7.36. The van der Waals surface area contributed by atoms with E-state index in [0.29, 0.717) is 17.2 Å². The molecule has 116 valence electrons. The predicted molar refractivity (Wildman–Crippen MR) is 88.5 cm³/mol. The fraction of sp³-hybridized carbons (Fsp3) is 0.235. The van der Waals surface area contributed by atoms with Crippen LogP contribution in [0.5, 0.6) is 17.2 Å². The molecule has 0 aliphatic carbocycles. The lowest BCUT2D eigenvalue weighted by molar-refractivity contribution is 0.324. The van der Waals surface area contributed by atoms with Crippen molar-refractivity contribution in [2.24, 2.45) is 5.10 Å². The van der Waals surface area contributed by atoms with Crippen LogP contribution in [0.1, 0.15) is 11.1 Å². The predicted octanol–water partition coefficient (Wildman–Crippen LogP) is 3.47. The molecule has 0 atom stereocenters. The highest BCUT2D eigenvalue weighted by atomic mass is 16.5. The van der Waals surface area contributed by atoms with Gasteiger partial charge < -0.3 is 14.2 Å². The first kappa shape index (κ1) is 15.7. The van der Waals surface area contributed by atoms with Crippen molar-refractivity contribution >= 4 is 11.9 Å². The van der Waals surface area contributed by atoms with Crippen molar-refractivity contribution in [3.05, 3.63) is 47.5 Å². The van der Waals surface area contributed by atoms with Crippen molar-refractivity contribution in [3.63, 3.8) is 0 Å². The summed E-state index contributed by atoms with van der Waals surface area (Å²) in [6.45, 7) is 2.04. The first-order valence-corrected chi connectivity index (χ1v) is 6.83. The van der Waals surface area contributed by atoms with Crippen molar-refractivity contribution < 1.29 is 14.2 Å². The normalized spacial score (nSPS) is 10.5. The van der Waals surface area contributed by atoms with E-state index in [2.05, 4.69) is 10.5 Å². The highest BCUT2D eigenvalue weighted by molar-refractivity contribution is 5.83. The van der Waals surface area contributed by atoms with Gasteiger partial charge in [0, 0.05) is 5.56 Å². The highest BCUT2D eigenvalue weighted by Gasteiger charge is 2.12. The molecule has 0 radical (unpaired) electrons. The molecule has 22 heavy (non-hydrogen) atoms. The molecule has 2 aromatic carbocycles. The Morgan fingerprint density at radius 1 is 0.955 bits per heavy atom. The van der Waals surface area contributed by atoms with Gasteiger partial charge in [-0.3, -0.25) is 5.43 Å². The molecule has 0 saturated heterocycles. The lowest BCUT2D eigenvalue weighted by atomic mass is 10.2. The van der Waals surface area contributed by atoms with Crippen LogP contribution in [0.3, 0.4) is 0 Å². The van der Waals surface area contributed by atoms with E-state index in [-0.39, 0.29) is 0 Å². The number of benzene rings is 2. The number of anilines is 1. The summed E-state index contributed by atoms with van der Waals surface area (Å²) in [4.78, 5) is 0. The minimum absolute atomic E-state index is 0.564. The largest absolute Gasteiger partial charge is 0.493 e. The first-order chi connectivity index (χ1) is 10.7. The van der Waals surface area contributed by atoms with Crippen LogP contribution in [-0.4, -0.2) is 27.5 Å². The standard InChI is InChI=1S/C17H20N2O3/c1-12-6-5-7-14(8-12)19-18-11-13-9-15(20-2)17(22-4)16(10-13)21-3/h5-11,19H,1-4H3. The quantitative estimate of drug-likeness (QED) is 0.655. The van der Waals surface area contributed by atoms with Gasteiger partial charge in [0.25, 0.3) is 0 Å². The van der Waals surface area contributed by atoms with Crippen molar-refractivity contribution in [3.8, 4) is 17.2 Å². The van der Waals surface area contributed by atoms with Crippen LogP contribution >= 0.6 is 0 Å². The molecule has 1 N–H and O–H groups in total. The Morgan fingerprint density at radius 2 is 1.64 bits per heavy atom. The Kier molecular flexibility index (Phi) is 5.25. The van der Waals surface area contributed by atoms with E-state index in [4.69, 9.17) is 14.2 Å². The highest BCUT2D eigenvalue weighted by Crippen LogP contribution is 2.37. The Labute approximate surface area is 130 Å². The maximum Gasteiger partial charge on any atom is 0.203 e. The molecule has 0 saturated carbocycles. The average Bonchev–Trinajstić information content (AvgIpc) is 2.53. The maximum absolute atomic E-state index is 5.31. The molecule has 0 fully saturated rings. The molecular weight excluding hydrogens is 280 g/mol. The summed E-state index contributed by atoms with van der Waals surface area (Å²) in [6.07, 6.45) is 1.70. The number of hydrogen-bond donors (Lipinski definition) is 1. The molecule has 0 spiro atoms. The molecule has 2 rings (SSSR count). The number of hydrazone groups is 1. The SMILES string of the molecule is COc1cc(C=NNc2cccc(C)c2)cc(OC)c1OC. The van der Waals surface area contributed by atoms with E-state index in [1.807, 2.05) is 43.3 Å². The molecule has 0 aliphatic rings. The van der Waals surface area contributed by atoms with Gasteiger partial charge in [-0.05, 0) is 36.8 Å². The van der Waals surface area contributed by atoms with Crippen LogP contribution in [0, 0.1) is 6.92 Å². The van der Waals surface area contributed by atoms with E-state index < -0.39 is 0 Å². The van der Waals surface area contributed by atoms with E-state index in [0.717, 1.165) is 11.3 Å². The van der Waals surface area contributed by atoms with Crippen LogP contribution in [-0.2, 0) is 0 Å². The lowest BCUT2D eigenvalue weighted by Crippen LogP contribution is -1.97. The zero-order chi connectivity index (χ0) is 15.9. The number of hydrogen-bond acceptors (Lipinski definition) is 5. The summed E-state index contributed by atoms with van der Waals surface area (Å²) in [7, 11) is 4.75. The molecule has 5 heteroatoms. The third-order valence-corrected chi connectivity index (χ3v) is 3.11. The number of methoxy groups -OCH3 is 3. The average molecular weight is 300 g/mol. The van der Waals surface area contributed by atoms with E-state index in [1.165, 1.54) is 5.56 Å². The van der Waals surface area contributed by atoms with Gasteiger partial charge >= 0.3 is 0 Å². The Balaban J connectivity index is 2.20. The fourth-order valence-corrected chi connectivity index (χ4v) is 2.07. The Hall–Kier alpha value is -2.69. The minimum atomic E-state index is 0.564. The van der Waals surface area contributed by atoms with Crippen molar-refractivity contribution in [2.75, 3.05) is 26.8 Å². The third kappa shape index (κ3) is 3.69. The minimum Gasteiger partial charge on any atom is -0.493 e. The van der Waals surface area contributed by atoms with Crippen LogP contribution in [0.2, 0.25) is 0 Å². The number of rotatable bonds is 6. The van der Waals surface area contributed by atoms with Crippen LogP contribution in [0.25, 0.3) is 0 Å². The molecular formula is C17H20N2O3. The van der Waals surface area contributed by atoms with E-state index in [9.17, 15) is 0 Å². The lowest BCUT2D eigenvalue weighted by Gasteiger charge is -2.12. The topological polar surface area (TPSA) is 52.1 Å². The maximum atomic E-state index is 5.31. The molecule has 2 aromatic rings. The summed E-state index contributed by atoms with van der Waals surface area (Å²) in [5.74, 6) is 1.76. The van der Waals surface area contributed by atoms with Gasteiger partial charge in [-0.1, -0.05) is 12.1 Å². The van der Waals surface area contributed by atoms with E-state index >= 15 is 0 Å². The molecule has 0 aromatic heterocycles. The number of nitrogens with zero attached hydrogens (tertiary/aromatic N) is 1. The number of nitrogens with one attached hydrogen (secondary N) is 1. The fourth-order valence-electron chi connectivity index (χ4n) is 2.07. The molecule has 0 aliphatic heterocycles. The molecule has 0 heterocycles. The molecule has 0 bridgehead atoms. The van der Waals surface area contributed by atoms with Gasteiger partial charge in [0.15, 0.2) is 11.5 Å². The summed E-state index contributed by atoms with van der Waals surface area (Å²) >= 11 is 0. The van der Waals surface area contributed by atoms with Gasteiger partial charge in [-0.25, -0.2) is 0 Å².